The van der Waals surface area contributed by atoms with Crippen LogP contribution in [-0.2, 0) is 13.6 Å². The summed E-state index contributed by atoms with van der Waals surface area (Å²) in [7, 11) is -3.83. The Kier molecular flexibility index (Phi) is 18.8. The van der Waals surface area contributed by atoms with Gasteiger partial charge in [0.2, 0.25) is 0 Å². The van der Waals surface area contributed by atoms with Gasteiger partial charge in [0, 0.05) is 5.33 Å². The summed E-state index contributed by atoms with van der Waals surface area (Å²) in [6, 6.07) is 0. The second-order valence-corrected chi connectivity index (χ2v) is 8.67. The Hall–Kier alpha value is 0.590. The van der Waals surface area contributed by atoms with Crippen molar-refractivity contribution in [3.8, 4) is 0 Å². The number of hydrogen-bond donors (Lipinski definition) is 1. The van der Waals surface area contributed by atoms with E-state index < -0.39 is 7.82 Å². The SMILES string of the molecule is CCCCCCCCCCCCCCCCOP(=O)(O)OCCBr. The van der Waals surface area contributed by atoms with Crippen LogP contribution in [0, 0.1) is 0 Å². The molecule has 0 rings (SSSR count). The number of halogens is 1. The number of rotatable bonds is 19. The van der Waals surface area contributed by atoms with Gasteiger partial charge in [-0.1, -0.05) is 106 Å². The summed E-state index contributed by atoms with van der Waals surface area (Å²) in [6.07, 6.45) is 18.1. The first kappa shape index (κ1) is 24.6. The molecule has 146 valence electrons. The second-order valence-electron chi connectivity index (χ2n) is 6.42. The highest BCUT2D eigenvalue weighted by atomic mass is 79.9. The largest absolute Gasteiger partial charge is 0.472 e. The van der Waals surface area contributed by atoms with Gasteiger partial charge in [-0.2, -0.15) is 0 Å². The van der Waals surface area contributed by atoms with Crippen molar-refractivity contribution >= 4 is 23.8 Å². The Labute approximate surface area is 157 Å². The van der Waals surface area contributed by atoms with E-state index in [0.717, 1.165) is 12.8 Å². The molecular formula is C18H38BrO4P. The summed E-state index contributed by atoms with van der Waals surface area (Å²) in [6.45, 7) is 2.75. The van der Waals surface area contributed by atoms with E-state index in [-0.39, 0.29) is 6.61 Å². The van der Waals surface area contributed by atoms with Gasteiger partial charge in [-0.05, 0) is 6.42 Å². The lowest BCUT2D eigenvalue weighted by atomic mass is 10.0. The predicted molar refractivity (Wildman–Crippen MR) is 106 cm³/mol. The minimum atomic E-state index is -3.83. The van der Waals surface area contributed by atoms with Gasteiger partial charge in [0.15, 0.2) is 0 Å². The third kappa shape index (κ3) is 18.9. The molecule has 0 amide bonds. The van der Waals surface area contributed by atoms with Crippen LogP contribution < -0.4 is 0 Å². The van der Waals surface area contributed by atoms with E-state index in [1.165, 1.54) is 77.0 Å². The average molecular weight is 429 g/mol. The lowest BCUT2D eigenvalue weighted by Gasteiger charge is -2.11. The predicted octanol–water partition coefficient (Wildman–Crippen LogP) is 7.00. The molecule has 1 N–H and O–H groups in total. The molecule has 6 heteroatoms. The standard InChI is InChI=1S/C18H38BrO4P/c1-2-3-4-5-6-7-8-9-10-11-12-13-14-15-17-22-24(20,21)23-18-16-19/h2-18H2,1H3,(H,20,21). The van der Waals surface area contributed by atoms with E-state index in [0.29, 0.717) is 11.9 Å². The fourth-order valence-electron chi connectivity index (χ4n) is 2.66. The van der Waals surface area contributed by atoms with Crippen LogP contribution in [0.1, 0.15) is 96.8 Å². The molecule has 0 aromatic carbocycles. The number of phosphoric acid groups is 1. The van der Waals surface area contributed by atoms with Crippen molar-refractivity contribution in [3.63, 3.8) is 0 Å². The molecule has 0 saturated heterocycles. The zero-order chi connectivity index (χ0) is 17.9. The number of alkyl halides is 1. The number of phosphoric ester groups is 1. The molecule has 0 bridgehead atoms. The lowest BCUT2D eigenvalue weighted by molar-refractivity contribution is 0.154. The normalized spacial score (nSPS) is 14.0. The summed E-state index contributed by atoms with van der Waals surface area (Å²) >= 11 is 3.14. The van der Waals surface area contributed by atoms with E-state index in [1.54, 1.807) is 0 Å². The van der Waals surface area contributed by atoms with Gasteiger partial charge in [0.1, 0.15) is 0 Å². The summed E-state index contributed by atoms with van der Waals surface area (Å²) in [5, 5.41) is 0.528. The van der Waals surface area contributed by atoms with Gasteiger partial charge in [0.25, 0.3) is 0 Å². The molecule has 4 nitrogen and oxygen atoms in total. The van der Waals surface area contributed by atoms with Crippen molar-refractivity contribution in [2.45, 2.75) is 96.8 Å². The quantitative estimate of drug-likeness (QED) is 0.137. The molecule has 24 heavy (non-hydrogen) atoms. The Morgan fingerprint density at radius 1 is 0.708 bits per heavy atom. The molecule has 0 saturated carbocycles. The van der Waals surface area contributed by atoms with Crippen LogP contribution in [0.5, 0.6) is 0 Å². The third-order valence-electron chi connectivity index (χ3n) is 4.08. The molecule has 1 unspecified atom stereocenters. The van der Waals surface area contributed by atoms with Crippen LogP contribution in [0.3, 0.4) is 0 Å². The maximum Gasteiger partial charge on any atom is 0.472 e. The Morgan fingerprint density at radius 2 is 1.08 bits per heavy atom. The van der Waals surface area contributed by atoms with Crippen molar-refractivity contribution in [1.29, 1.82) is 0 Å². The van der Waals surface area contributed by atoms with Gasteiger partial charge in [-0.25, -0.2) is 4.57 Å². The first-order chi connectivity index (χ1) is 11.6. The third-order valence-corrected chi connectivity index (χ3v) is 5.43. The molecule has 1 atom stereocenters. The molecule has 0 aliphatic carbocycles. The minimum Gasteiger partial charge on any atom is -0.302 e. The molecule has 0 aromatic rings. The van der Waals surface area contributed by atoms with Crippen molar-refractivity contribution in [3.05, 3.63) is 0 Å². The van der Waals surface area contributed by atoms with Crippen LogP contribution in [0.2, 0.25) is 0 Å². The van der Waals surface area contributed by atoms with Gasteiger partial charge >= 0.3 is 7.82 Å². The molecular weight excluding hydrogens is 391 g/mol. The lowest BCUT2D eigenvalue weighted by Crippen LogP contribution is -1.99. The number of hydrogen-bond acceptors (Lipinski definition) is 3. The Morgan fingerprint density at radius 3 is 1.50 bits per heavy atom. The fraction of sp³-hybridized carbons (Fsp3) is 1.00. The molecule has 0 heterocycles. The topological polar surface area (TPSA) is 55.8 Å². The number of unbranched alkanes of at least 4 members (excludes halogenated alkanes) is 13. The maximum atomic E-state index is 11.4. The van der Waals surface area contributed by atoms with Crippen molar-refractivity contribution in [2.75, 3.05) is 18.5 Å². The second kappa shape index (κ2) is 18.4. The van der Waals surface area contributed by atoms with Crippen molar-refractivity contribution in [2.24, 2.45) is 0 Å². The first-order valence-corrected chi connectivity index (χ1v) is 12.4. The van der Waals surface area contributed by atoms with Gasteiger partial charge in [-0.3, -0.25) is 9.05 Å². The van der Waals surface area contributed by atoms with Gasteiger partial charge < -0.3 is 4.89 Å². The van der Waals surface area contributed by atoms with E-state index in [4.69, 9.17) is 9.05 Å². The van der Waals surface area contributed by atoms with E-state index in [1.807, 2.05) is 0 Å². The monoisotopic (exact) mass is 428 g/mol. The van der Waals surface area contributed by atoms with E-state index in [9.17, 15) is 9.46 Å². The summed E-state index contributed by atoms with van der Waals surface area (Å²) in [5.41, 5.74) is 0. The molecule has 0 fully saturated rings. The molecule has 0 aliphatic heterocycles. The zero-order valence-electron chi connectivity index (χ0n) is 15.5. The molecule has 0 spiro atoms. The summed E-state index contributed by atoms with van der Waals surface area (Å²) < 4.78 is 21.0. The molecule has 0 aliphatic rings. The fourth-order valence-corrected chi connectivity index (χ4v) is 3.83. The van der Waals surface area contributed by atoms with Crippen LogP contribution in [-0.4, -0.2) is 23.4 Å². The van der Waals surface area contributed by atoms with Crippen molar-refractivity contribution < 1.29 is 18.5 Å². The molecule has 0 radical (unpaired) electrons. The van der Waals surface area contributed by atoms with Crippen LogP contribution in [0.4, 0.5) is 0 Å². The summed E-state index contributed by atoms with van der Waals surface area (Å²) in [4.78, 5) is 9.34. The Balaban J connectivity index is 3.16. The smallest absolute Gasteiger partial charge is 0.302 e. The maximum absolute atomic E-state index is 11.4. The highest BCUT2D eigenvalue weighted by molar-refractivity contribution is 9.09. The van der Waals surface area contributed by atoms with Gasteiger partial charge in [-0.15, -0.1) is 0 Å². The van der Waals surface area contributed by atoms with Gasteiger partial charge in [0.05, 0.1) is 13.2 Å². The first-order valence-electron chi connectivity index (χ1n) is 9.80. The van der Waals surface area contributed by atoms with Crippen LogP contribution in [0.25, 0.3) is 0 Å². The van der Waals surface area contributed by atoms with Crippen molar-refractivity contribution in [1.82, 2.24) is 0 Å². The highest BCUT2D eigenvalue weighted by Crippen LogP contribution is 2.43. The minimum absolute atomic E-state index is 0.187. The Bertz CT molecular complexity index is 303. The summed E-state index contributed by atoms with van der Waals surface area (Å²) in [5.74, 6) is 0. The highest BCUT2D eigenvalue weighted by Gasteiger charge is 2.19. The van der Waals surface area contributed by atoms with Crippen LogP contribution >= 0.6 is 23.8 Å². The molecule has 0 aromatic heterocycles. The van der Waals surface area contributed by atoms with Crippen LogP contribution in [0.15, 0.2) is 0 Å². The van der Waals surface area contributed by atoms with E-state index in [2.05, 4.69) is 22.9 Å². The average Bonchev–Trinajstić information content (AvgIpc) is 2.56. The van der Waals surface area contributed by atoms with E-state index >= 15 is 0 Å². The zero-order valence-corrected chi connectivity index (χ0v) is 18.0.